The topological polar surface area (TPSA) is 102 Å². The molecule has 0 radical (unpaired) electrons. The number of carboxylic acids is 1. The first-order valence-electron chi connectivity index (χ1n) is 10.7. The van der Waals surface area contributed by atoms with E-state index in [0.29, 0.717) is 50.5 Å². The highest BCUT2D eigenvalue weighted by molar-refractivity contribution is 5.77. The molecule has 7 heteroatoms. The summed E-state index contributed by atoms with van der Waals surface area (Å²) in [5.74, 6) is -1.08. The van der Waals surface area contributed by atoms with Crippen LogP contribution in [0.3, 0.4) is 0 Å². The van der Waals surface area contributed by atoms with Crippen molar-refractivity contribution in [3.8, 4) is 0 Å². The Kier molecular flexibility index (Phi) is 4.31. The van der Waals surface area contributed by atoms with Crippen LogP contribution in [-0.4, -0.2) is 52.9 Å². The molecule has 6 fully saturated rings. The fourth-order valence-corrected chi connectivity index (χ4v) is 7.04. The molecule has 1 aliphatic heterocycles. The van der Waals surface area contributed by atoms with Crippen LogP contribution in [-0.2, 0) is 23.8 Å². The minimum Gasteiger partial charge on any atom is -0.481 e. The van der Waals surface area contributed by atoms with E-state index in [2.05, 4.69) is 0 Å². The van der Waals surface area contributed by atoms with Gasteiger partial charge in [0, 0.05) is 12.8 Å². The number of aliphatic hydroxyl groups is 1. The van der Waals surface area contributed by atoms with Crippen LogP contribution in [0.25, 0.3) is 0 Å². The van der Waals surface area contributed by atoms with Gasteiger partial charge in [0.1, 0.15) is 12.7 Å². The van der Waals surface area contributed by atoms with Crippen LogP contribution in [0.2, 0.25) is 0 Å². The third-order valence-electron chi connectivity index (χ3n) is 7.87. The van der Waals surface area contributed by atoms with Gasteiger partial charge in [-0.15, -0.1) is 0 Å². The first kappa shape index (κ1) is 18.8. The zero-order valence-corrected chi connectivity index (χ0v) is 16.2. The predicted molar refractivity (Wildman–Crippen MR) is 96.2 cm³/mol. The van der Waals surface area contributed by atoms with Crippen LogP contribution in [0, 0.1) is 23.2 Å². The van der Waals surface area contributed by atoms with Crippen molar-refractivity contribution in [1.82, 2.24) is 0 Å². The number of esters is 1. The Balaban J connectivity index is 1.16. The molecule has 5 aliphatic carbocycles. The van der Waals surface area contributed by atoms with Gasteiger partial charge in [0.15, 0.2) is 5.79 Å². The molecule has 156 valence electrons. The molecular weight excluding hydrogens is 364 g/mol. The Morgan fingerprint density at radius 1 is 1.07 bits per heavy atom. The van der Waals surface area contributed by atoms with Gasteiger partial charge >= 0.3 is 11.9 Å². The zero-order valence-electron chi connectivity index (χ0n) is 16.2. The number of hydrogen-bond acceptors (Lipinski definition) is 6. The van der Waals surface area contributed by atoms with Gasteiger partial charge in [0.05, 0.1) is 23.5 Å². The van der Waals surface area contributed by atoms with Gasteiger partial charge in [0.2, 0.25) is 0 Å². The zero-order chi connectivity index (χ0) is 19.6. The van der Waals surface area contributed by atoms with E-state index in [4.69, 9.17) is 19.3 Å². The number of ether oxygens (including phenoxy) is 3. The van der Waals surface area contributed by atoms with Gasteiger partial charge in [-0.05, 0) is 63.2 Å². The van der Waals surface area contributed by atoms with E-state index in [9.17, 15) is 14.7 Å². The Hall–Kier alpha value is -1.18. The molecule has 1 spiro atoms. The van der Waals surface area contributed by atoms with E-state index in [1.54, 1.807) is 0 Å². The molecule has 3 unspecified atom stereocenters. The summed E-state index contributed by atoms with van der Waals surface area (Å²) >= 11 is 0. The minimum atomic E-state index is -0.754. The average molecular weight is 394 g/mol. The van der Waals surface area contributed by atoms with Gasteiger partial charge in [-0.2, -0.15) is 0 Å². The average Bonchev–Trinajstić information content (AvgIpc) is 3.00. The second-order valence-electron chi connectivity index (χ2n) is 10.1. The minimum absolute atomic E-state index is 0.165. The van der Waals surface area contributed by atoms with E-state index in [1.807, 2.05) is 0 Å². The van der Waals surface area contributed by atoms with Gasteiger partial charge in [-0.1, -0.05) is 0 Å². The predicted octanol–water partition coefficient (Wildman–Crippen LogP) is 2.25. The lowest BCUT2D eigenvalue weighted by molar-refractivity contribution is -0.208. The van der Waals surface area contributed by atoms with Crippen molar-refractivity contribution in [2.24, 2.45) is 23.2 Å². The highest BCUT2D eigenvalue weighted by atomic mass is 16.8. The Morgan fingerprint density at radius 3 is 2.36 bits per heavy atom. The van der Waals surface area contributed by atoms with E-state index < -0.39 is 22.8 Å². The fourth-order valence-electron chi connectivity index (χ4n) is 7.04. The molecule has 0 aromatic heterocycles. The number of aliphatic carboxylic acids is 1. The molecule has 4 bridgehead atoms. The first-order chi connectivity index (χ1) is 13.3. The van der Waals surface area contributed by atoms with Crippen LogP contribution < -0.4 is 0 Å². The summed E-state index contributed by atoms with van der Waals surface area (Å²) in [7, 11) is 0. The lowest BCUT2D eigenvalue weighted by Gasteiger charge is -2.58. The maximum absolute atomic E-state index is 13.0. The molecular formula is C21H30O7. The number of carbonyl (C=O) groups is 2. The molecule has 0 aromatic rings. The Bertz CT molecular complexity index is 652. The Labute approximate surface area is 164 Å². The molecule has 6 rings (SSSR count). The molecule has 7 nitrogen and oxygen atoms in total. The van der Waals surface area contributed by atoms with E-state index in [1.165, 1.54) is 0 Å². The molecule has 0 aromatic carbocycles. The molecule has 1 heterocycles. The smallest absolute Gasteiger partial charge is 0.312 e. The highest BCUT2D eigenvalue weighted by Gasteiger charge is 2.61. The molecule has 3 atom stereocenters. The normalized spacial score (nSPS) is 49.5. The first-order valence-corrected chi connectivity index (χ1v) is 10.7. The molecule has 28 heavy (non-hydrogen) atoms. The van der Waals surface area contributed by atoms with Crippen molar-refractivity contribution in [1.29, 1.82) is 0 Å². The maximum Gasteiger partial charge on any atom is 0.312 e. The lowest BCUT2D eigenvalue weighted by Crippen LogP contribution is -2.58. The number of rotatable bonds is 4. The van der Waals surface area contributed by atoms with Crippen LogP contribution in [0.1, 0.15) is 64.2 Å². The second-order valence-corrected chi connectivity index (χ2v) is 10.1. The van der Waals surface area contributed by atoms with Crippen molar-refractivity contribution < 1.29 is 34.0 Å². The van der Waals surface area contributed by atoms with E-state index >= 15 is 0 Å². The van der Waals surface area contributed by atoms with Gasteiger partial charge in [-0.3, -0.25) is 9.59 Å². The molecule has 1 saturated heterocycles. The van der Waals surface area contributed by atoms with Crippen LogP contribution in [0.5, 0.6) is 0 Å². The molecule has 6 aliphatic rings. The standard InChI is InChI=1S/C21H30O7/c22-17(23)15-1-3-21(4-2-15)27-11-16(28-21)10-26-18(24)19-6-13-5-14(7-19)9-20(25,8-13)12-19/h13-16,25H,1-12H2,(H,22,23). The summed E-state index contributed by atoms with van der Waals surface area (Å²) in [5, 5.41) is 20.0. The van der Waals surface area contributed by atoms with Gasteiger partial charge < -0.3 is 24.4 Å². The quantitative estimate of drug-likeness (QED) is 0.705. The van der Waals surface area contributed by atoms with Crippen LogP contribution in [0.15, 0.2) is 0 Å². The SMILES string of the molecule is O=C(O)C1CCC2(CC1)OCC(COC(=O)C13CC4CC(CC(O)(C4)C1)C3)O2. The highest BCUT2D eigenvalue weighted by Crippen LogP contribution is 2.62. The van der Waals surface area contributed by atoms with E-state index in [0.717, 1.165) is 32.1 Å². The maximum atomic E-state index is 13.0. The molecule has 5 saturated carbocycles. The van der Waals surface area contributed by atoms with E-state index in [-0.39, 0.29) is 24.6 Å². The molecule has 0 amide bonds. The number of carbonyl (C=O) groups excluding carboxylic acids is 1. The molecule has 2 N–H and O–H groups in total. The summed E-state index contributed by atoms with van der Waals surface area (Å²) in [6.45, 7) is 0.533. The third kappa shape index (κ3) is 3.15. The summed E-state index contributed by atoms with van der Waals surface area (Å²) in [6.07, 6.45) is 6.94. The second kappa shape index (κ2) is 6.41. The summed E-state index contributed by atoms with van der Waals surface area (Å²) < 4.78 is 17.6. The van der Waals surface area contributed by atoms with Crippen molar-refractivity contribution in [3.63, 3.8) is 0 Å². The van der Waals surface area contributed by atoms with Crippen molar-refractivity contribution in [2.75, 3.05) is 13.2 Å². The van der Waals surface area contributed by atoms with Gasteiger partial charge in [-0.25, -0.2) is 0 Å². The lowest BCUT2D eigenvalue weighted by atomic mass is 9.48. The summed E-state index contributed by atoms with van der Waals surface area (Å²) in [5.41, 5.74) is -1.20. The monoisotopic (exact) mass is 394 g/mol. The van der Waals surface area contributed by atoms with Crippen molar-refractivity contribution in [2.45, 2.75) is 81.7 Å². The third-order valence-corrected chi connectivity index (χ3v) is 7.87. The largest absolute Gasteiger partial charge is 0.481 e. The summed E-state index contributed by atoms with van der Waals surface area (Å²) in [4.78, 5) is 24.1. The van der Waals surface area contributed by atoms with Crippen molar-refractivity contribution in [3.05, 3.63) is 0 Å². The van der Waals surface area contributed by atoms with Crippen molar-refractivity contribution >= 4 is 11.9 Å². The summed E-state index contributed by atoms with van der Waals surface area (Å²) in [6, 6.07) is 0. The number of hydrogen-bond donors (Lipinski definition) is 2. The number of carboxylic acid groups (broad SMARTS) is 1. The van der Waals surface area contributed by atoms with Crippen LogP contribution in [0.4, 0.5) is 0 Å². The van der Waals surface area contributed by atoms with Crippen LogP contribution >= 0.6 is 0 Å². The fraction of sp³-hybridized carbons (Fsp3) is 0.905. The Morgan fingerprint density at radius 2 is 1.75 bits per heavy atom. The van der Waals surface area contributed by atoms with Gasteiger partial charge in [0.25, 0.3) is 0 Å².